The zero-order valence-corrected chi connectivity index (χ0v) is 11.8. The van der Waals surface area contributed by atoms with Gasteiger partial charge in [-0.2, -0.15) is 0 Å². The third kappa shape index (κ3) is 4.13. The first-order valence-electron chi connectivity index (χ1n) is 6.58. The number of rotatable bonds is 5. The van der Waals surface area contributed by atoms with Crippen LogP contribution in [-0.2, 0) is 18.5 Å². The zero-order valence-electron chi connectivity index (χ0n) is 11.8. The monoisotopic (exact) mass is 259 g/mol. The van der Waals surface area contributed by atoms with Gasteiger partial charge in [0.25, 0.3) is 0 Å². The average molecular weight is 259 g/mol. The number of pyridine rings is 1. The molecular weight excluding hydrogens is 238 g/mol. The Morgan fingerprint density at radius 3 is 2.68 bits per heavy atom. The number of hydrogen-bond acceptors (Lipinski definition) is 4. The van der Waals surface area contributed by atoms with Crippen molar-refractivity contribution < 1.29 is 0 Å². The molecule has 0 aliphatic heterocycles. The molecular formula is C14H21N5. The predicted molar refractivity (Wildman–Crippen MR) is 74.7 cm³/mol. The molecule has 0 aliphatic carbocycles. The lowest BCUT2D eigenvalue weighted by Crippen LogP contribution is -2.22. The van der Waals surface area contributed by atoms with Gasteiger partial charge in [-0.05, 0) is 32.9 Å². The van der Waals surface area contributed by atoms with E-state index in [1.54, 1.807) is 0 Å². The summed E-state index contributed by atoms with van der Waals surface area (Å²) in [4.78, 5) is 4.29. The summed E-state index contributed by atoms with van der Waals surface area (Å²) in [6, 6.07) is 5.98. The third-order valence-corrected chi connectivity index (χ3v) is 2.82. The molecule has 2 heterocycles. The summed E-state index contributed by atoms with van der Waals surface area (Å²) in [5.74, 6) is 0. The Morgan fingerprint density at radius 1 is 1.21 bits per heavy atom. The SMILES string of the molecule is CC(C)(C)n1cc(CNCCc2ccccn2)nn1. The zero-order chi connectivity index (χ0) is 13.7. The summed E-state index contributed by atoms with van der Waals surface area (Å²) in [6.45, 7) is 7.96. The molecule has 5 heteroatoms. The molecule has 102 valence electrons. The van der Waals surface area contributed by atoms with E-state index >= 15 is 0 Å². The lowest BCUT2D eigenvalue weighted by molar-refractivity contribution is 0.347. The number of nitrogens with zero attached hydrogens (tertiary/aromatic N) is 4. The van der Waals surface area contributed by atoms with Gasteiger partial charge >= 0.3 is 0 Å². The Balaban J connectivity index is 1.76. The van der Waals surface area contributed by atoms with Gasteiger partial charge in [0.2, 0.25) is 0 Å². The van der Waals surface area contributed by atoms with E-state index < -0.39 is 0 Å². The summed E-state index contributed by atoms with van der Waals surface area (Å²) in [6.07, 6.45) is 4.74. The summed E-state index contributed by atoms with van der Waals surface area (Å²) in [5.41, 5.74) is 2.06. The Hall–Kier alpha value is -1.75. The largest absolute Gasteiger partial charge is 0.311 e. The van der Waals surface area contributed by atoms with Crippen molar-refractivity contribution >= 4 is 0 Å². The van der Waals surface area contributed by atoms with Crippen LogP contribution >= 0.6 is 0 Å². The van der Waals surface area contributed by atoms with Gasteiger partial charge in [0.15, 0.2) is 0 Å². The van der Waals surface area contributed by atoms with Crippen LogP contribution in [0.2, 0.25) is 0 Å². The molecule has 2 aromatic rings. The summed E-state index contributed by atoms with van der Waals surface area (Å²) >= 11 is 0. The van der Waals surface area contributed by atoms with Gasteiger partial charge in [0.1, 0.15) is 0 Å². The van der Waals surface area contributed by atoms with Crippen LogP contribution < -0.4 is 5.32 Å². The molecule has 0 bridgehead atoms. The topological polar surface area (TPSA) is 55.6 Å². The molecule has 2 rings (SSSR count). The van der Waals surface area contributed by atoms with Crippen molar-refractivity contribution in [3.63, 3.8) is 0 Å². The van der Waals surface area contributed by atoms with Crippen molar-refractivity contribution in [2.45, 2.75) is 39.3 Å². The van der Waals surface area contributed by atoms with E-state index in [0.717, 1.165) is 30.9 Å². The second-order valence-electron chi connectivity index (χ2n) is 5.57. The van der Waals surface area contributed by atoms with Crippen LogP contribution in [0.1, 0.15) is 32.2 Å². The standard InChI is InChI=1S/C14H21N5/c1-14(2,3)19-11-13(17-18-19)10-15-9-7-12-6-4-5-8-16-12/h4-6,8,11,15H,7,9-10H2,1-3H3. The summed E-state index contributed by atoms with van der Waals surface area (Å²) < 4.78 is 1.89. The molecule has 0 saturated carbocycles. The Morgan fingerprint density at radius 2 is 2.05 bits per heavy atom. The normalized spacial score (nSPS) is 11.7. The second-order valence-corrected chi connectivity index (χ2v) is 5.57. The van der Waals surface area contributed by atoms with Crippen LogP contribution in [0.15, 0.2) is 30.6 Å². The van der Waals surface area contributed by atoms with E-state index in [4.69, 9.17) is 0 Å². The summed E-state index contributed by atoms with van der Waals surface area (Å²) in [7, 11) is 0. The molecule has 0 spiro atoms. The van der Waals surface area contributed by atoms with Crippen molar-refractivity contribution in [3.8, 4) is 0 Å². The highest BCUT2D eigenvalue weighted by molar-refractivity contribution is 5.03. The number of aromatic nitrogens is 4. The van der Waals surface area contributed by atoms with Crippen molar-refractivity contribution in [2.24, 2.45) is 0 Å². The van der Waals surface area contributed by atoms with Gasteiger partial charge in [0, 0.05) is 31.4 Å². The van der Waals surface area contributed by atoms with E-state index in [1.807, 2.05) is 35.3 Å². The van der Waals surface area contributed by atoms with Gasteiger partial charge in [0.05, 0.1) is 17.4 Å². The van der Waals surface area contributed by atoms with Crippen LogP contribution in [0.4, 0.5) is 0 Å². The van der Waals surface area contributed by atoms with Crippen molar-refractivity contribution in [3.05, 3.63) is 42.0 Å². The van der Waals surface area contributed by atoms with Gasteiger partial charge < -0.3 is 5.32 Å². The quantitative estimate of drug-likeness (QED) is 0.831. The molecule has 5 nitrogen and oxygen atoms in total. The molecule has 0 radical (unpaired) electrons. The van der Waals surface area contributed by atoms with Gasteiger partial charge in [-0.3, -0.25) is 4.98 Å². The first-order valence-corrected chi connectivity index (χ1v) is 6.58. The van der Waals surface area contributed by atoms with E-state index in [2.05, 4.69) is 41.4 Å². The fraction of sp³-hybridized carbons (Fsp3) is 0.500. The molecule has 0 saturated heterocycles. The van der Waals surface area contributed by atoms with Crippen LogP contribution in [0.3, 0.4) is 0 Å². The van der Waals surface area contributed by atoms with Gasteiger partial charge in [-0.1, -0.05) is 11.3 Å². The highest BCUT2D eigenvalue weighted by Crippen LogP contribution is 2.11. The maximum atomic E-state index is 4.29. The Labute approximate surface area is 114 Å². The van der Waals surface area contributed by atoms with Crippen molar-refractivity contribution in [1.82, 2.24) is 25.3 Å². The molecule has 0 aromatic carbocycles. The highest BCUT2D eigenvalue weighted by atomic mass is 15.4. The number of hydrogen-bond donors (Lipinski definition) is 1. The van der Waals surface area contributed by atoms with Crippen LogP contribution in [-0.4, -0.2) is 26.5 Å². The van der Waals surface area contributed by atoms with Gasteiger partial charge in [-0.15, -0.1) is 5.10 Å². The van der Waals surface area contributed by atoms with E-state index in [1.165, 1.54) is 0 Å². The van der Waals surface area contributed by atoms with Crippen molar-refractivity contribution in [1.29, 1.82) is 0 Å². The van der Waals surface area contributed by atoms with E-state index in [9.17, 15) is 0 Å². The maximum Gasteiger partial charge on any atom is 0.0965 e. The van der Waals surface area contributed by atoms with Crippen LogP contribution in [0.5, 0.6) is 0 Å². The molecule has 1 N–H and O–H groups in total. The Kier molecular flexibility index (Phi) is 4.27. The lowest BCUT2D eigenvalue weighted by Gasteiger charge is -2.17. The third-order valence-electron chi connectivity index (χ3n) is 2.82. The van der Waals surface area contributed by atoms with Gasteiger partial charge in [-0.25, -0.2) is 4.68 Å². The van der Waals surface area contributed by atoms with Crippen molar-refractivity contribution in [2.75, 3.05) is 6.54 Å². The fourth-order valence-corrected chi connectivity index (χ4v) is 1.69. The fourth-order valence-electron chi connectivity index (χ4n) is 1.69. The average Bonchev–Trinajstić information content (AvgIpc) is 2.85. The lowest BCUT2D eigenvalue weighted by atomic mass is 10.1. The Bertz CT molecular complexity index is 498. The minimum Gasteiger partial charge on any atom is -0.311 e. The second kappa shape index (κ2) is 5.93. The maximum absolute atomic E-state index is 4.29. The summed E-state index contributed by atoms with van der Waals surface area (Å²) in [5, 5.41) is 11.7. The molecule has 0 fully saturated rings. The molecule has 0 aliphatic rings. The van der Waals surface area contributed by atoms with E-state index in [-0.39, 0.29) is 5.54 Å². The molecule has 2 aromatic heterocycles. The minimum absolute atomic E-state index is 0.0147. The smallest absolute Gasteiger partial charge is 0.0965 e. The first-order chi connectivity index (χ1) is 9.05. The first kappa shape index (κ1) is 13.7. The minimum atomic E-state index is -0.0147. The van der Waals surface area contributed by atoms with E-state index in [0.29, 0.717) is 0 Å². The number of nitrogens with one attached hydrogen (secondary N) is 1. The predicted octanol–water partition coefficient (Wildman–Crippen LogP) is 1.76. The molecule has 0 unspecified atom stereocenters. The molecule has 0 amide bonds. The van der Waals surface area contributed by atoms with Crippen LogP contribution in [0, 0.1) is 0 Å². The molecule has 0 atom stereocenters. The molecule has 19 heavy (non-hydrogen) atoms. The van der Waals surface area contributed by atoms with Crippen LogP contribution in [0.25, 0.3) is 0 Å². The highest BCUT2D eigenvalue weighted by Gasteiger charge is 2.14.